The van der Waals surface area contributed by atoms with Crippen molar-refractivity contribution in [3.63, 3.8) is 0 Å². The van der Waals surface area contributed by atoms with Gasteiger partial charge in [0.1, 0.15) is 0 Å². The average molecular weight is 402 g/mol. The van der Waals surface area contributed by atoms with E-state index < -0.39 is 9.84 Å². The van der Waals surface area contributed by atoms with Crippen LogP contribution >= 0.6 is 0 Å². The van der Waals surface area contributed by atoms with Crippen molar-refractivity contribution >= 4 is 21.4 Å². The maximum atomic E-state index is 12.5. The van der Waals surface area contributed by atoms with Crippen LogP contribution in [0, 0.1) is 0 Å². The third-order valence-electron chi connectivity index (χ3n) is 5.13. The molecular formula is C21H27N3O3S. The second-order valence-corrected chi connectivity index (χ2v) is 9.31. The molecule has 0 radical (unpaired) electrons. The smallest absolute Gasteiger partial charge is 0.251 e. The topological polar surface area (TPSA) is 69.7 Å². The predicted molar refractivity (Wildman–Crippen MR) is 111 cm³/mol. The molecule has 150 valence electrons. The van der Waals surface area contributed by atoms with E-state index in [4.69, 9.17) is 0 Å². The van der Waals surface area contributed by atoms with Gasteiger partial charge in [0.25, 0.3) is 5.91 Å². The zero-order valence-electron chi connectivity index (χ0n) is 16.4. The lowest BCUT2D eigenvalue weighted by Gasteiger charge is -2.35. The van der Waals surface area contributed by atoms with Crippen LogP contribution in [0.3, 0.4) is 0 Å². The zero-order chi connectivity index (χ0) is 20.1. The van der Waals surface area contributed by atoms with Crippen LogP contribution in [-0.2, 0) is 16.4 Å². The lowest BCUT2D eigenvalue weighted by molar-refractivity contribution is 0.0951. The molecule has 0 aromatic heterocycles. The molecule has 0 spiro atoms. The molecule has 1 heterocycles. The first-order valence-electron chi connectivity index (χ1n) is 9.53. The van der Waals surface area contributed by atoms with Crippen LogP contribution in [0.15, 0.2) is 53.4 Å². The van der Waals surface area contributed by atoms with E-state index in [0.29, 0.717) is 12.1 Å². The normalized spacial score (nSPS) is 15.4. The van der Waals surface area contributed by atoms with Gasteiger partial charge >= 0.3 is 0 Å². The summed E-state index contributed by atoms with van der Waals surface area (Å²) in [6.45, 7) is 6.01. The van der Waals surface area contributed by atoms with Gasteiger partial charge in [0, 0.05) is 44.0 Å². The number of nitrogens with one attached hydrogen (secondary N) is 1. The summed E-state index contributed by atoms with van der Waals surface area (Å²) in [5.74, 6) is -0.171. The lowest BCUT2D eigenvalue weighted by atomic mass is 10.1. The fourth-order valence-corrected chi connectivity index (χ4v) is 4.16. The molecule has 0 atom stereocenters. The number of hydrogen-bond donors (Lipinski definition) is 1. The van der Waals surface area contributed by atoms with E-state index in [1.54, 1.807) is 19.1 Å². The van der Waals surface area contributed by atoms with Gasteiger partial charge in [-0.1, -0.05) is 25.1 Å². The molecule has 1 fully saturated rings. The molecule has 6 nitrogen and oxygen atoms in total. The molecule has 0 aliphatic carbocycles. The Balaban J connectivity index is 1.67. The minimum Gasteiger partial charge on any atom is -0.369 e. The van der Waals surface area contributed by atoms with Crippen LogP contribution in [0.5, 0.6) is 0 Å². The molecule has 0 bridgehead atoms. The standard InChI is InChI=1S/C21H27N3O3S/c1-3-28(26,27)19-10-8-17(9-11-19)21(25)22-16-18-6-4-5-7-20(18)24-14-12-23(2)13-15-24/h4-11H,3,12-16H2,1-2H3,(H,22,25). The van der Waals surface area contributed by atoms with E-state index in [0.717, 1.165) is 37.4 Å². The molecule has 0 saturated carbocycles. The van der Waals surface area contributed by atoms with Gasteiger partial charge in [-0.15, -0.1) is 0 Å². The number of likely N-dealkylation sites (N-methyl/N-ethyl adjacent to an activating group) is 1. The fraction of sp³-hybridized carbons (Fsp3) is 0.381. The Labute approximate surface area is 167 Å². The van der Waals surface area contributed by atoms with E-state index in [9.17, 15) is 13.2 Å². The minimum atomic E-state index is -3.26. The van der Waals surface area contributed by atoms with E-state index in [2.05, 4.69) is 28.2 Å². The Morgan fingerprint density at radius 1 is 1.00 bits per heavy atom. The monoisotopic (exact) mass is 401 g/mol. The predicted octanol–water partition coefficient (Wildman–Crippen LogP) is 2.16. The van der Waals surface area contributed by atoms with Gasteiger partial charge in [-0.25, -0.2) is 8.42 Å². The van der Waals surface area contributed by atoms with Crippen LogP contribution in [0.1, 0.15) is 22.8 Å². The van der Waals surface area contributed by atoms with Crippen molar-refractivity contribution < 1.29 is 13.2 Å². The summed E-state index contributed by atoms with van der Waals surface area (Å²) >= 11 is 0. The summed E-state index contributed by atoms with van der Waals surface area (Å²) in [5.41, 5.74) is 2.68. The number of sulfone groups is 1. The molecule has 1 N–H and O–H groups in total. The Hall–Kier alpha value is -2.38. The number of hydrogen-bond acceptors (Lipinski definition) is 5. The Morgan fingerprint density at radius 2 is 1.64 bits per heavy atom. The highest BCUT2D eigenvalue weighted by Gasteiger charge is 2.17. The van der Waals surface area contributed by atoms with Crippen LogP contribution in [-0.4, -0.2) is 58.2 Å². The second-order valence-electron chi connectivity index (χ2n) is 7.03. The summed E-state index contributed by atoms with van der Waals surface area (Å²) in [6.07, 6.45) is 0. The van der Waals surface area contributed by atoms with Gasteiger partial charge < -0.3 is 15.1 Å². The number of carbonyl (C=O) groups excluding carboxylic acids is 1. The van der Waals surface area contributed by atoms with Crippen LogP contribution in [0.4, 0.5) is 5.69 Å². The quantitative estimate of drug-likeness (QED) is 0.803. The average Bonchev–Trinajstić information content (AvgIpc) is 2.73. The van der Waals surface area contributed by atoms with Crippen molar-refractivity contribution in [2.24, 2.45) is 0 Å². The van der Waals surface area contributed by atoms with Gasteiger partial charge in [0.05, 0.1) is 10.6 Å². The summed E-state index contributed by atoms with van der Waals surface area (Å²) in [7, 11) is -1.13. The third-order valence-corrected chi connectivity index (χ3v) is 6.88. The molecule has 2 aromatic carbocycles. The van der Waals surface area contributed by atoms with E-state index in [1.807, 2.05) is 18.2 Å². The zero-order valence-corrected chi connectivity index (χ0v) is 17.2. The van der Waals surface area contributed by atoms with Gasteiger partial charge in [0.2, 0.25) is 0 Å². The highest BCUT2D eigenvalue weighted by atomic mass is 32.2. The molecule has 1 aliphatic heterocycles. The molecule has 7 heteroatoms. The molecular weight excluding hydrogens is 374 g/mol. The molecule has 1 saturated heterocycles. The first-order valence-corrected chi connectivity index (χ1v) is 11.2. The first kappa shape index (κ1) is 20.4. The van der Waals surface area contributed by atoms with Crippen molar-refractivity contribution in [3.05, 3.63) is 59.7 Å². The van der Waals surface area contributed by atoms with Crippen molar-refractivity contribution in [1.29, 1.82) is 0 Å². The minimum absolute atomic E-state index is 0.0433. The van der Waals surface area contributed by atoms with Gasteiger partial charge in [0.15, 0.2) is 9.84 Å². The maximum Gasteiger partial charge on any atom is 0.251 e. The molecule has 0 unspecified atom stereocenters. The number of amides is 1. The van der Waals surface area contributed by atoms with Crippen molar-refractivity contribution in [2.45, 2.75) is 18.4 Å². The molecule has 28 heavy (non-hydrogen) atoms. The number of nitrogens with zero attached hydrogens (tertiary/aromatic N) is 2. The second kappa shape index (κ2) is 8.75. The first-order chi connectivity index (χ1) is 13.4. The number of piperazine rings is 1. The third kappa shape index (κ3) is 4.72. The van der Waals surface area contributed by atoms with Crippen LogP contribution in [0.2, 0.25) is 0 Å². The Morgan fingerprint density at radius 3 is 2.29 bits per heavy atom. The summed E-state index contributed by atoms with van der Waals surface area (Å²) in [5, 5.41) is 2.95. The van der Waals surface area contributed by atoms with E-state index in [-0.39, 0.29) is 16.6 Å². The van der Waals surface area contributed by atoms with Gasteiger partial charge in [-0.05, 0) is 42.9 Å². The number of rotatable bonds is 6. The molecule has 2 aromatic rings. The largest absolute Gasteiger partial charge is 0.369 e. The van der Waals surface area contributed by atoms with E-state index in [1.165, 1.54) is 12.1 Å². The van der Waals surface area contributed by atoms with Crippen molar-refractivity contribution in [3.8, 4) is 0 Å². The number of benzene rings is 2. The molecule has 3 rings (SSSR count). The SMILES string of the molecule is CCS(=O)(=O)c1ccc(C(=O)NCc2ccccc2N2CCN(C)CC2)cc1. The Kier molecular flexibility index (Phi) is 6.36. The van der Waals surface area contributed by atoms with Gasteiger partial charge in [-0.2, -0.15) is 0 Å². The van der Waals surface area contributed by atoms with E-state index >= 15 is 0 Å². The van der Waals surface area contributed by atoms with Crippen LogP contribution < -0.4 is 10.2 Å². The number of para-hydroxylation sites is 1. The van der Waals surface area contributed by atoms with Crippen molar-refractivity contribution in [1.82, 2.24) is 10.2 Å². The van der Waals surface area contributed by atoms with Crippen LogP contribution in [0.25, 0.3) is 0 Å². The van der Waals surface area contributed by atoms with Crippen molar-refractivity contribution in [2.75, 3.05) is 43.9 Å². The summed E-state index contributed by atoms with van der Waals surface area (Å²) in [6, 6.07) is 14.2. The molecule has 1 amide bonds. The van der Waals surface area contributed by atoms with Gasteiger partial charge in [-0.3, -0.25) is 4.79 Å². The number of carbonyl (C=O) groups is 1. The lowest BCUT2D eigenvalue weighted by Crippen LogP contribution is -2.45. The maximum absolute atomic E-state index is 12.5. The summed E-state index contributed by atoms with van der Waals surface area (Å²) < 4.78 is 23.8. The highest BCUT2D eigenvalue weighted by molar-refractivity contribution is 7.91. The summed E-state index contributed by atoms with van der Waals surface area (Å²) in [4.78, 5) is 17.4. The molecule has 1 aliphatic rings. The number of anilines is 1. The fourth-order valence-electron chi connectivity index (χ4n) is 3.27. The Bertz CT molecular complexity index is 918. The highest BCUT2D eigenvalue weighted by Crippen LogP contribution is 2.22.